The molecule has 0 aliphatic heterocycles. The average Bonchev–Trinajstić information content (AvgIpc) is 3.15. The van der Waals surface area contributed by atoms with Crippen molar-refractivity contribution in [3.05, 3.63) is 71.9 Å². The quantitative estimate of drug-likeness (QED) is 0.369. The lowest BCUT2D eigenvalue weighted by molar-refractivity contribution is -0.137. The Labute approximate surface area is 189 Å². The monoisotopic (exact) mass is 469 g/mol. The van der Waals surface area contributed by atoms with E-state index in [1.807, 2.05) is 0 Å². The van der Waals surface area contributed by atoms with E-state index in [1.54, 1.807) is 18.3 Å². The lowest BCUT2D eigenvalue weighted by atomic mass is 10.0. The van der Waals surface area contributed by atoms with Crippen LogP contribution in [0.2, 0.25) is 0 Å². The summed E-state index contributed by atoms with van der Waals surface area (Å²) in [5, 5.41) is 17.8. The number of aromatic nitrogens is 3. The van der Waals surface area contributed by atoms with Crippen molar-refractivity contribution in [2.24, 2.45) is 0 Å². The lowest BCUT2D eigenvalue weighted by Crippen LogP contribution is -2.20. The molecule has 12 heteroatoms. The van der Waals surface area contributed by atoms with E-state index in [0.717, 1.165) is 0 Å². The van der Waals surface area contributed by atoms with Gasteiger partial charge in [-0.2, -0.15) is 23.5 Å². The average molecular weight is 469 g/mol. The Morgan fingerprint density at radius 1 is 1.15 bits per heavy atom. The molecule has 0 aliphatic carbocycles. The first-order valence-corrected chi connectivity index (χ1v) is 9.70. The minimum absolute atomic E-state index is 0.100. The van der Waals surface area contributed by atoms with E-state index in [1.165, 1.54) is 23.0 Å². The van der Waals surface area contributed by atoms with Crippen molar-refractivity contribution in [3.63, 3.8) is 0 Å². The second kappa shape index (κ2) is 8.70. The van der Waals surface area contributed by atoms with Crippen molar-refractivity contribution in [1.82, 2.24) is 14.6 Å². The van der Waals surface area contributed by atoms with Crippen molar-refractivity contribution in [1.29, 1.82) is 5.26 Å². The van der Waals surface area contributed by atoms with Gasteiger partial charge in [0.2, 0.25) is 0 Å². The third kappa shape index (κ3) is 4.44. The van der Waals surface area contributed by atoms with Crippen LogP contribution in [-0.4, -0.2) is 20.6 Å². The van der Waals surface area contributed by atoms with Gasteiger partial charge in [0.05, 0.1) is 23.7 Å². The fourth-order valence-corrected chi connectivity index (χ4v) is 3.43. The molecule has 4 rings (SSSR count). The van der Waals surface area contributed by atoms with Gasteiger partial charge in [0, 0.05) is 17.4 Å². The zero-order chi connectivity index (χ0) is 24.5. The van der Waals surface area contributed by atoms with Crippen molar-refractivity contribution in [3.8, 4) is 17.2 Å². The molecule has 4 N–H and O–H groups in total. The second-order valence-corrected chi connectivity index (χ2v) is 7.15. The summed E-state index contributed by atoms with van der Waals surface area (Å²) in [4.78, 5) is 16.2. The summed E-state index contributed by atoms with van der Waals surface area (Å²) in [6.45, 7) is 0. The van der Waals surface area contributed by atoms with Crippen molar-refractivity contribution >= 4 is 28.7 Å². The van der Waals surface area contributed by atoms with Crippen LogP contribution < -0.4 is 16.4 Å². The number of nitrogens with two attached hydrogens (primary N) is 1. The zero-order valence-electron chi connectivity index (χ0n) is 17.2. The van der Waals surface area contributed by atoms with Gasteiger partial charge in [-0.1, -0.05) is 12.1 Å². The van der Waals surface area contributed by atoms with Gasteiger partial charge in [-0.25, -0.2) is 18.7 Å². The summed E-state index contributed by atoms with van der Waals surface area (Å²) in [5.74, 6) is -0.789. The molecule has 0 radical (unpaired) electrons. The summed E-state index contributed by atoms with van der Waals surface area (Å²) >= 11 is 0. The Hall–Kier alpha value is -4.66. The highest BCUT2D eigenvalue weighted by Gasteiger charge is 2.31. The highest BCUT2D eigenvalue weighted by molar-refractivity contribution is 6.00. The van der Waals surface area contributed by atoms with Crippen LogP contribution in [0.4, 0.5) is 39.5 Å². The Kier molecular flexibility index (Phi) is 5.77. The number of hydrogen-bond donors (Lipinski definition) is 3. The van der Waals surface area contributed by atoms with E-state index in [-0.39, 0.29) is 12.2 Å². The van der Waals surface area contributed by atoms with E-state index in [2.05, 4.69) is 26.8 Å². The van der Waals surface area contributed by atoms with E-state index >= 15 is 0 Å². The number of fused-ring (bicyclic) bond motifs is 1. The van der Waals surface area contributed by atoms with Crippen molar-refractivity contribution in [2.45, 2.75) is 12.6 Å². The van der Waals surface area contributed by atoms with E-state index in [0.29, 0.717) is 46.1 Å². The number of alkyl halides is 3. The molecule has 0 saturated carbocycles. The molecule has 2 heterocycles. The fourth-order valence-electron chi connectivity index (χ4n) is 3.43. The molecule has 34 heavy (non-hydrogen) atoms. The molecule has 0 atom stereocenters. The van der Waals surface area contributed by atoms with Gasteiger partial charge in [0.1, 0.15) is 17.7 Å². The van der Waals surface area contributed by atoms with Crippen LogP contribution in [0.15, 0.2) is 55.0 Å². The van der Waals surface area contributed by atoms with Crippen molar-refractivity contribution in [2.75, 3.05) is 16.4 Å². The standard InChI is InChI=1S/C22H15F4N7O/c23-16-6-3-14(22(24,25)26)9-17(16)32-21(34)31-15-4-1-12(2-5-15)18-13(7-8-27)10-33-19(18)20(28)29-11-30-33/h1-6,9-11H,7H2,(H2,28,29,30)(H2,31,32,34). The van der Waals surface area contributed by atoms with Gasteiger partial charge < -0.3 is 16.4 Å². The minimum Gasteiger partial charge on any atom is -0.382 e. The highest BCUT2D eigenvalue weighted by Crippen LogP contribution is 2.34. The van der Waals surface area contributed by atoms with Gasteiger partial charge in [0.15, 0.2) is 5.82 Å². The zero-order valence-corrected chi connectivity index (χ0v) is 17.2. The number of rotatable bonds is 4. The summed E-state index contributed by atoms with van der Waals surface area (Å²) in [6.07, 6.45) is -1.61. The molecule has 0 fully saturated rings. The Bertz CT molecular complexity index is 1420. The number of halogens is 4. The molecule has 172 valence electrons. The highest BCUT2D eigenvalue weighted by atomic mass is 19.4. The Balaban J connectivity index is 1.56. The SMILES string of the molecule is N#CCc1cn2ncnc(N)c2c1-c1ccc(NC(=O)Nc2cc(C(F)(F)F)ccc2F)cc1. The summed E-state index contributed by atoms with van der Waals surface area (Å²) in [6, 6.07) is 9.27. The van der Waals surface area contributed by atoms with Crippen molar-refractivity contribution < 1.29 is 22.4 Å². The van der Waals surface area contributed by atoms with Crippen LogP contribution in [-0.2, 0) is 12.6 Å². The van der Waals surface area contributed by atoms with Gasteiger partial charge in [0.25, 0.3) is 0 Å². The maximum atomic E-state index is 13.9. The number of amides is 2. The molecule has 0 aliphatic rings. The van der Waals surface area contributed by atoms with Gasteiger partial charge in [-0.3, -0.25) is 0 Å². The van der Waals surface area contributed by atoms with Crippen LogP contribution >= 0.6 is 0 Å². The number of nitrogens with zero attached hydrogens (tertiary/aromatic N) is 4. The largest absolute Gasteiger partial charge is 0.416 e. The van der Waals surface area contributed by atoms with E-state index < -0.39 is 29.3 Å². The molecular weight excluding hydrogens is 454 g/mol. The first kappa shape index (κ1) is 22.5. The second-order valence-electron chi connectivity index (χ2n) is 7.15. The van der Waals surface area contributed by atoms with Crippen LogP contribution in [0.5, 0.6) is 0 Å². The molecule has 4 aromatic rings. The Morgan fingerprint density at radius 3 is 2.56 bits per heavy atom. The van der Waals surface area contributed by atoms with Gasteiger partial charge >= 0.3 is 12.2 Å². The number of carbonyl (C=O) groups excluding carboxylic acids is 1. The summed E-state index contributed by atoms with van der Waals surface area (Å²) < 4.78 is 53.9. The van der Waals surface area contributed by atoms with Gasteiger partial charge in [-0.15, -0.1) is 0 Å². The number of nitrogens with one attached hydrogen (secondary N) is 2. The molecule has 8 nitrogen and oxygen atoms in total. The molecule has 0 saturated heterocycles. The fraction of sp³-hybridized carbons (Fsp3) is 0.0909. The predicted octanol–water partition coefficient (Wildman–Crippen LogP) is 4.85. The van der Waals surface area contributed by atoms with E-state index in [4.69, 9.17) is 11.0 Å². The normalized spacial score (nSPS) is 11.3. The number of nitriles is 1. The number of benzene rings is 2. The summed E-state index contributed by atoms with van der Waals surface area (Å²) in [5.41, 5.74) is 7.11. The first-order valence-electron chi connectivity index (χ1n) is 9.70. The number of anilines is 3. The van der Waals surface area contributed by atoms with Crippen LogP contribution in [0.1, 0.15) is 11.1 Å². The first-order chi connectivity index (χ1) is 16.2. The van der Waals surface area contributed by atoms with Gasteiger partial charge in [-0.05, 0) is 41.5 Å². The predicted molar refractivity (Wildman–Crippen MR) is 116 cm³/mol. The smallest absolute Gasteiger partial charge is 0.382 e. The molecular formula is C22H15F4N7O. The maximum absolute atomic E-state index is 13.9. The van der Waals surface area contributed by atoms with Crippen LogP contribution in [0, 0.1) is 17.1 Å². The molecule has 0 unspecified atom stereocenters. The van der Waals surface area contributed by atoms with Crippen LogP contribution in [0.25, 0.3) is 16.6 Å². The topological polar surface area (TPSA) is 121 Å². The maximum Gasteiger partial charge on any atom is 0.416 e. The molecule has 2 aromatic carbocycles. The minimum atomic E-state index is -4.68. The third-order valence-electron chi connectivity index (χ3n) is 4.92. The number of urea groups is 1. The lowest BCUT2D eigenvalue weighted by Gasteiger charge is -2.12. The van der Waals surface area contributed by atoms with Crippen LogP contribution in [0.3, 0.4) is 0 Å². The Morgan fingerprint density at radius 2 is 1.88 bits per heavy atom. The third-order valence-corrected chi connectivity index (χ3v) is 4.92. The molecule has 0 spiro atoms. The number of carbonyl (C=O) groups is 1. The summed E-state index contributed by atoms with van der Waals surface area (Å²) in [7, 11) is 0. The molecule has 2 aromatic heterocycles. The molecule has 0 bridgehead atoms. The number of nitrogen functional groups attached to an aromatic ring is 1. The molecule has 2 amide bonds. The number of hydrogen-bond acceptors (Lipinski definition) is 5. The van der Waals surface area contributed by atoms with E-state index in [9.17, 15) is 22.4 Å².